The molecule has 1 aromatic heterocycles. The van der Waals surface area contributed by atoms with Crippen LogP contribution in [0.3, 0.4) is 0 Å². The van der Waals surface area contributed by atoms with E-state index in [1.807, 2.05) is 18.2 Å². The lowest BCUT2D eigenvalue weighted by Crippen LogP contribution is -2.46. The molecule has 22 heavy (non-hydrogen) atoms. The number of hydrogen-bond donors (Lipinski definition) is 0. The Labute approximate surface area is 135 Å². The molecule has 1 aliphatic carbocycles. The van der Waals surface area contributed by atoms with Crippen LogP contribution in [0.2, 0.25) is 5.02 Å². The highest BCUT2D eigenvalue weighted by atomic mass is 35.5. The predicted molar refractivity (Wildman–Crippen MR) is 86.8 cm³/mol. The lowest BCUT2D eigenvalue weighted by Gasteiger charge is -2.41. The molecular weight excluding hydrogens is 296 g/mol. The van der Waals surface area contributed by atoms with Crippen LogP contribution in [-0.4, -0.2) is 21.9 Å². The molecule has 0 N–H and O–H groups in total. The van der Waals surface area contributed by atoms with Crippen LogP contribution in [0, 0.1) is 5.92 Å². The van der Waals surface area contributed by atoms with E-state index in [1.165, 1.54) is 12.1 Å². The van der Waals surface area contributed by atoms with Crippen molar-refractivity contribution in [3.8, 4) is 0 Å². The van der Waals surface area contributed by atoms with Gasteiger partial charge in [0.05, 0.1) is 6.04 Å². The van der Waals surface area contributed by atoms with Crippen LogP contribution in [0.1, 0.15) is 36.6 Å². The van der Waals surface area contributed by atoms with Crippen molar-refractivity contribution in [1.82, 2.24) is 9.47 Å². The Morgan fingerprint density at radius 1 is 1.14 bits per heavy atom. The number of carbonyl (C=O) groups is 1. The Morgan fingerprint density at radius 2 is 2.00 bits per heavy atom. The third-order valence-electron chi connectivity index (χ3n) is 4.94. The number of fused-ring (bicyclic) bond motifs is 1. The van der Waals surface area contributed by atoms with Crippen molar-refractivity contribution < 1.29 is 4.79 Å². The van der Waals surface area contributed by atoms with Gasteiger partial charge in [-0.2, -0.15) is 0 Å². The van der Waals surface area contributed by atoms with Gasteiger partial charge in [-0.05, 0) is 42.7 Å². The topological polar surface area (TPSA) is 25.2 Å². The molecule has 0 radical (unpaired) electrons. The highest BCUT2D eigenvalue weighted by molar-refractivity contribution is 6.30. The summed E-state index contributed by atoms with van der Waals surface area (Å²) in [7, 11) is 0. The van der Waals surface area contributed by atoms with Crippen LogP contribution < -0.4 is 0 Å². The second-order valence-electron chi connectivity index (χ2n) is 6.24. The van der Waals surface area contributed by atoms with Gasteiger partial charge in [-0.25, -0.2) is 0 Å². The van der Waals surface area contributed by atoms with Gasteiger partial charge < -0.3 is 9.47 Å². The molecular formula is C18H19ClN2O. The van der Waals surface area contributed by atoms with Gasteiger partial charge in [-0.3, -0.25) is 4.79 Å². The van der Waals surface area contributed by atoms with Gasteiger partial charge in [-0.15, -0.1) is 0 Å². The average molecular weight is 315 g/mol. The van der Waals surface area contributed by atoms with Crippen LogP contribution in [0.25, 0.3) is 0 Å². The number of halogens is 1. The Kier molecular flexibility index (Phi) is 3.45. The quantitative estimate of drug-likeness (QED) is 0.826. The number of rotatable bonds is 2. The number of carbonyl (C=O) groups excluding carboxylic acids is 1. The van der Waals surface area contributed by atoms with Gasteiger partial charge in [0.1, 0.15) is 0 Å². The first-order valence-electron chi connectivity index (χ1n) is 7.95. The first-order chi connectivity index (χ1) is 10.7. The zero-order valence-electron chi connectivity index (χ0n) is 12.4. The molecule has 114 valence electrons. The highest BCUT2D eigenvalue weighted by Crippen LogP contribution is 2.37. The summed E-state index contributed by atoms with van der Waals surface area (Å²) in [5.74, 6) is 0.534. The molecule has 0 spiro atoms. The number of aromatic nitrogens is 1. The zero-order chi connectivity index (χ0) is 15.1. The monoisotopic (exact) mass is 314 g/mol. The van der Waals surface area contributed by atoms with E-state index in [0.29, 0.717) is 5.91 Å². The fraction of sp³-hybridized carbons (Fsp3) is 0.389. The Balaban J connectivity index is 1.76. The van der Waals surface area contributed by atoms with Crippen LogP contribution in [0.4, 0.5) is 0 Å². The van der Waals surface area contributed by atoms with Crippen molar-refractivity contribution in [1.29, 1.82) is 0 Å². The molecule has 0 saturated heterocycles. The SMILES string of the molecule is O=C(C1CCC1)N1CCn2cccc2[C@@H]1c1cccc(Cl)c1. The minimum Gasteiger partial charge on any atom is -0.348 e. The molecule has 1 aromatic carbocycles. The van der Waals surface area contributed by atoms with Gasteiger partial charge in [0, 0.05) is 35.9 Å². The second kappa shape index (κ2) is 5.47. The summed E-state index contributed by atoms with van der Waals surface area (Å²) in [6, 6.07) is 12.1. The number of hydrogen-bond acceptors (Lipinski definition) is 1. The van der Waals surface area contributed by atoms with E-state index in [0.717, 1.165) is 36.5 Å². The summed E-state index contributed by atoms with van der Waals surface area (Å²) >= 11 is 6.18. The maximum absolute atomic E-state index is 12.9. The minimum atomic E-state index is -0.0180. The molecule has 1 fully saturated rings. The Morgan fingerprint density at radius 3 is 2.73 bits per heavy atom. The summed E-state index contributed by atoms with van der Waals surface area (Å²) in [4.78, 5) is 14.9. The van der Waals surface area contributed by atoms with Crippen molar-refractivity contribution in [2.45, 2.75) is 31.8 Å². The van der Waals surface area contributed by atoms with Gasteiger partial charge in [-0.1, -0.05) is 30.2 Å². The average Bonchev–Trinajstić information content (AvgIpc) is 2.92. The molecule has 1 atom stereocenters. The molecule has 2 heterocycles. The van der Waals surface area contributed by atoms with E-state index in [2.05, 4.69) is 33.9 Å². The highest BCUT2D eigenvalue weighted by Gasteiger charge is 2.37. The largest absolute Gasteiger partial charge is 0.348 e. The third kappa shape index (κ3) is 2.24. The lowest BCUT2D eigenvalue weighted by atomic mass is 9.83. The van der Waals surface area contributed by atoms with E-state index in [4.69, 9.17) is 11.6 Å². The molecule has 3 nitrogen and oxygen atoms in total. The molecule has 2 aromatic rings. The Hall–Kier alpha value is -1.74. The van der Waals surface area contributed by atoms with Crippen molar-refractivity contribution in [3.63, 3.8) is 0 Å². The molecule has 0 bridgehead atoms. The summed E-state index contributed by atoms with van der Waals surface area (Å²) in [5.41, 5.74) is 2.28. The molecule has 1 amide bonds. The van der Waals surface area contributed by atoms with E-state index >= 15 is 0 Å². The number of nitrogens with zero attached hydrogens (tertiary/aromatic N) is 2. The van der Waals surface area contributed by atoms with E-state index in [1.54, 1.807) is 0 Å². The standard InChI is InChI=1S/C18H19ClN2O/c19-15-7-2-6-14(12-15)17-16-8-3-9-20(16)10-11-21(17)18(22)13-4-1-5-13/h2-3,6-9,12-13,17H,1,4-5,10-11H2/t17-/m0/s1. The lowest BCUT2D eigenvalue weighted by molar-refractivity contribution is -0.141. The van der Waals surface area contributed by atoms with Crippen LogP contribution in [0.5, 0.6) is 0 Å². The fourth-order valence-electron chi connectivity index (χ4n) is 3.54. The van der Waals surface area contributed by atoms with Crippen LogP contribution in [-0.2, 0) is 11.3 Å². The van der Waals surface area contributed by atoms with Gasteiger partial charge >= 0.3 is 0 Å². The molecule has 1 aliphatic heterocycles. The molecule has 1 saturated carbocycles. The predicted octanol–water partition coefficient (Wildman–Crippen LogP) is 3.87. The molecule has 4 rings (SSSR count). The van der Waals surface area contributed by atoms with Crippen molar-refractivity contribution in [2.75, 3.05) is 6.54 Å². The third-order valence-corrected chi connectivity index (χ3v) is 5.18. The van der Waals surface area contributed by atoms with Crippen LogP contribution >= 0.6 is 11.6 Å². The first kappa shape index (κ1) is 13.9. The van der Waals surface area contributed by atoms with Crippen molar-refractivity contribution >= 4 is 17.5 Å². The summed E-state index contributed by atoms with van der Waals surface area (Å²) in [6.07, 6.45) is 5.36. The molecule has 2 aliphatic rings. The molecule has 0 unspecified atom stereocenters. The minimum absolute atomic E-state index is 0.0180. The van der Waals surface area contributed by atoms with Gasteiger partial charge in [0.25, 0.3) is 0 Å². The number of amides is 1. The fourth-order valence-corrected chi connectivity index (χ4v) is 3.74. The van der Waals surface area contributed by atoms with Gasteiger partial charge in [0.2, 0.25) is 5.91 Å². The van der Waals surface area contributed by atoms with E-state index < -0.39 is 0 Å². The Bertz CT molecular complexity index is 705. The van der Waals surface area contributed by atoms with E-state index in [-0.39, 0.29) is 12.0 Å². The van der Waals surface area contributed by atoms with Gasteiger partial charge in [0.15, 0.2) is 0 Å². The zero-order valence-corrected chi connectivity index (χ0v) is 13.2. The van der Waals surface area contributed by atoms with E-state index in [9.17, 15) is 4.79 Å². The summed E-state index contributed by atoms with van der Waals surface area (Å²) < 4.78 is 2.25. The second-order valence-corrected chi connectivity index (χ2v) is 6.68. The number of benzene rings is 1. The summed E-state index contributed by atoms with van der Waals surface area (Å²) in [6.45, 7) is 1.64. The maximum Gasteiger partial charge on any atom is 0.226 e. The van der Waals surface area contributed by atoms with Crippen LogP contribution in [0.15, 0.2) is 42.6 Å². The molecule has 4 heteroatoms. The normalized spacial score (nSPS) is 21.3. The van der Waals surface area contributed by atoms with Crippen molar-refractivity contribution in [3.05, 3.63) is 58.9 Å². The van der Waals surface area contributed by atoms with Crippen molar-refractivity contribution in [2.24, 2.45) is 5.92 Å². The maximum atomic E-state index is 12.9. The first-order valence-corrected chi connectivity index (χ1v) is 8.33. The smallest absolute Gasteiger partial charge is 0.226 e. The summed E-state index contributed by atoms with van der Waals surface area (Å²) in [5, 5.41) is 0.720.